The van der Waals surface area contributed by atoms with Gasteiger partial charge in [-0.25, -0.2) is 8.42 Å². The molecule has 0 bridgehead atoms. The first-order valence-electron chi connectivity index (χ1n) is 8.70. The Balaban J connectivity index is 1.53. The van der Waals surface area contributed by atoms with E-state index >= 15 is 0 Å². The quantitative estimate of drug-likeness (QED) is 0.731. The smallest absolute Gasteiger partial charge is 0.274 e. The number of thiophene rings is 1. The summed E-state index contributed by atoms with van der Waals surface area (Å²) in [5.74, 6) is -0.279. The molecule has 140 valence electrons. The third-order valence-electron chi connectivity index (χ3n) is 4.78. The summed E-state index contributed by atoms with van der Waals surface area (Å²) in [6.45, 7) is 0.574. The number of carbonyl (C=O) groups is 1. The van der Waals surface area contributed by atoms with Gasteiger partial charge in [0.1, 0.15) is 0 Å². The lowest BCUT2D eigenvalue weighted by Gasteiger charge is -2.18. The molecule has 1 aromatic carbocycles. The van der Waals surface area contributed by atoms with Gasteiger partial charge >= 0.3 is 0 Å². The van der Waals surface area contributed by atoms with Crippen molar-refractivity contribution >= 4 is 27.1 Å². The van der Waals surface area contributed by atoms with Gasteiger partial charge in [-0.1, -0.05) is 36.4 Å². The van der Waals surface area contributed by atoms with E-state index in [0.717, 1.165) is 16.1 Å². The summed E-state index contributed by atoms with van der Waals surface area (Å²) in [4.78, 5) is 15.4. The van der Waals surface area contributed by atoms with Crippen LogP contribution in [0.25, 0.3) is 10.6 Å². The number of sulfone groups is 1. The predicted octanol–water partition coefficient (Wildman–Crippen LogP) is 3.14. The van der Waals surface area contributed by atoms with Crippen molar-refractivity contribution in [1.82, 2.24) is 15.1 Å². The average Bonchev–Trinajstić information content (AvgIpc) is 3.33. The van der Waals surface area contributed by atoms with Crippen LogP contribution in [0, 0.1) is 0 Å². The van der Waals surface area contributed by atoms with E-state index in [1.807, 2.05) is 47.8 Å². The van der Waals surface area contributed by atoms with Crippen molar-refractivity contribution in [2.75, 3.05) is 18.8 Å². The summed E-state index contributed by atoms with van der Waals surface area (Å²) in [5, 5.41) is 8.41. The minimum Gasteiger partial charge on any atom is -0.336 e. The Bertz CT molecular complexity index is 1030. The van der Waals surface area contributed by atoms with Crippen molar-refractivity contribution < 1.29 is 13.2 Å². The molecular formula is C19H19N3O3S2. The summed E-state index contributed by atoms with van der Waals surface area (Å²) in [6.07, 6.45) is 0.389. The Morgan fingerprint density at radius 2 is 1.96 bits per heavy atom. The maximum Gasteiger partial charge on any atom is 0.274 e. The zero-order valence-corrected chi connectivity index (χ0v) is 16.2. The first kappa shape index (κ1) is 17.9. The normalized spacial score (nSPS) is 19.6. The molecule has 0 saturated carbocycles. The van der Waals surface area contributed by atoms with Gasteiger partial charge in [0.15, 0.2) is 15.5 Å². The van der Waals surface area contributed by atoms with Crippen LogP contribution in [0.2, 0.25) is 0 Å². The number of hydrogen-bond donors (Lipinski definition) is 1. The molecule has 6 nitrogen and oxygen atoms in total. The minimum atomic E-state index is -3.31. The second kappa shape index (κ2) is 7.28. The van der Waals surface area contributed by atoms with Crippen molar-refractivity contribution in [3.8, 4) is 10.6 Å². The molecule has 1 aliphatic rings. The lowest BCUT2D eigenvalue weighted by molar-refractivity contribution is 0.0760. The zero-order valence-electron chi connectivity index (χ0n) is 14.5. The molecule has 1 N–H and O–H groups in total. The minimum absolute atomic E-state index is 0.0412. The van der Waals surface area contributed by atoms with Crippen LogP contribution in [0.1, 0.15) is 27.7 Å². The monoisotopic (exact) mass is 401 g/mol. The molecule has 4 rings (SSSR count). The van der Waals surface area contributed by atoms with E-state index in [2.05, 4.69) is 10.2 Å². The number of amides is 1. The molecule has 1 saturated heterocycles. The molecule has 0 unspecified atom stereocenters. The Hall–Kier alpha value is -2.45. The summed E-state index contributed by atoms with van der Waals surface area (Å²) < 4.78 is 25.4. The SMILES string of the molecule is O=C(c1cc(-c2cccs2)[nH]n1)N1CC[C@H](c2ccccc2)S(=O)(=O)CC1. The molecule has 3 heterocycles. The van der Waals surface area contributed by atoms with E-state index in [1.54, 1.807) is 22.3 Å². The molecule has 27 heavy (non-hydrogen) atoms. The first-order valence-corrected chi connectivity index (χ1v) is 11.3. The molecule has 1 aliphatic heterocycles. The van der Waals surface area contributed by atoms with Gasteiger partial charge in [-0.2, -0.15) is 5.10 Å². The topological polar surface area (TPSA) is 83.1 Å². The largest absolute Gasteiger partial charge is 0.336 e. The predicted molar refractivity (Wildman–Crippen MR) is 105 cm³/mol. The highest BCUT2D eigenvalue weighted by Gasteiger charge is 2.33. The average molecular weight is 402 g/mol. The van der Waals surface area contributed by atoms with Crippen LogP contribution in [0.5, 0.6) is 0 Å². The number of aromatic nitrogens is 2. The summed E-state index contributed by atoms with van der Waals surface area (Å²) in [7, 11) is -3.31. The first-order chi connectivity index (χ1) is 13.0. The molecule has 1 fully saturated rings. The van der Waals surface area contributed by atoms with E-state index in [1.165, 1.54) is 0 Å². The van der Waals surface area contributed by atoms with Gasteiger partial charge in [0, 0.05) is 13.1 Å². The van der Waals surface area contributed by atoms with Crippen LogP contribution in [0.4, 0.5) is 0 Å². The Kier molecular flexibility index (Phi) is 4.84. The van der Waals surface area contributed by atoms with Gasteiger partial charge in [0.25, 0.3) is 5.91 Å². The van der Waals surface area contributed by atoms with E-state index in [9.17, 15) is 13.2 Å². The highest BCUT2D eigenvalue weighted by atomic mass is 32.2. The lowest BCUT2D eigenvalue weighted by atomic mass is 10.1. The van der Waals surface area contributed by atoms with Crippen LogP contribution in [-0.2, 0) is 9.84 Å². The number of nitrogens with one attached hydrogen (secondary N) is 1. The molecule has 0 radical (unpaired) electrons. The maximum absolute atomic E-state index is 12.8. The fourth-order valence-corrected chi connectivity index (χ4v) is 5.83. The molecule has 0 aliphatic carbocycles. The van der Waals surface area contributed by atoms with Crippen LogP contribution < -0.4 is 0 Å². The highest BCUT2D eigenvalue weighted by molar-refractivity contribution is 7.91. The van der Waals surface area contributed by atoms with E-state index in [0.29, 0.717) is 18.7 Å². The fourth-order valence-electron chi connectivity index (χ4n) is 3.34. The van der Waals surface area contributed by atoms with Gasteiger partial charge < -0.3 is 4.90 Å². The summed E-state index contributed by atoms with van der Waals surface area (Å²) >= 11 is 1.56. The number of hydrogen-bond acceptors (Lipinski definition) is 5. The lowest BCUT2D eigenvalue weighted by Crippen LogP contribution is -2.33. The fraction of sp³-hybridized carbons (Fsp3) is 0.263. The van der Waals surface area contributed by atoms with Gasteiger partial charge in [0.05, 0.1) is 21.6 Å². The van der Waals surface area contributed by atoms with Crippen LogP contribution >= 0.6 is 11.3 Å². The van der Waals surface area contributed by atoms with Crippen molar-refractivity contribution in [3.63, 3.8) is 0 Å². The molecule has 1 amide bonds. The molecule has 8 heteroatoms. The van der Waals surface area contributed by atoms with Crippen molar-refractivity contribution in [2.45, 2.75) is 11.7 Å². The molecular weight excluding hydrogens is 382 g/mol. The zero-order chi connectivity index (χ0) is 18.9. The number of H-pyrrole nitrogens is 1. The molecule has 1 atom stereocenters. The standard InChI is InChI=1S/C19H19N3O3S2/c23-19(16-13-15(20-21-16)17-7-4-11-26-17)22-9-8-18(27(24,25)12-10-22)14-5-2-1-3-6-14/h1-7,11,13,18H,8-10,12H2,(H,20,21)/t18-/m1/s1. The van der Waals surface area contributed by atoms with Crippen molar-refractivity contribution in [1.29, 1.82) is 0 Å². The highest BCUT2D eigenvalue weighted by Crippen LogP contribution is 2.30. The van der Waals surface area contributed by atoms with Crippen molar-refractivity contribution in [3.05, 3.63) is 65.2 Å². The number of aromatic amines is 1. The third kappa shape index (κ3) is 3.68. The van der Waals surface area contributed by atoms with Crippen LogP contribution in [-0.4, -0.2) is 48.3 Å². The number of nitrogens with zero attached hydrogens (tertiary/aromatic N) is 2. The van der Waals surface area contributed by atoms with E-state index < -0.39 is 15.1 Å². The third-order valence-corrected chi connectivity index (χ3v) is 7.81. The Morgan fingerprint density at radius 3 is 2.70 bits per heavy atom. The summed E-state index contributed by atoms with van der Waals surface area (Å²) in [6, 6.07) is 14.8. The summed E-state index contributed by atoms with van der Waals surface area (Å²) in [5.41, 5.74) is 1.89. The second-order valence-corrected chi connectivity index (χ2v) is 9.74. The second-order valence-electron chi connectivity index (χ2n) is 6.49. The molecule has 2 aromatic heterocycles. The van der Waals surface area contributed by atoms with Gasteiger partial charge in [0.2, 0.25) is 0 Å². The van der Waals surface area contributed by atoms with E-state index in [-0.39, 0.29) is 18.2 Å². The van der Waals surface area contributed by atoms with Gasteiger partial charge in [-0.05, 0) is 29.5 Å². The van der Waals surface area contributed by atoms with Crippen molar-refractivity contribution in [2.24, 2.45) is 0 Å². The number of rotatable bonds is 3. The van der Waals surface area contributed by atoms with Gasteiger partial charge in [-0.15, -0.1) is 11.3 Å². The molecule has 3 aromatic rings. The van der Waals surface area contributed by atoms with Crippen LogP contribution in [0.3, 0.4) is 0 Å². The molecule has 0 spiro atoms. The van der Waals surface area contributed by atoms with Crippen LogP contribution in [0.15, 0.2) is 53.9 Å². The number of benzene rings is 1. The van der Waals surface area contributed by atoms with E-state index in [4.69, 9.17) is 0 Å². The number of carbonyl (C=O) groups excluding carboxylic acids is 1. The van der Waals surface area contributed by atoms with Gasteiger partial charge in [-0.3, -0.25) is 9.89 Å². The maximum atomic E-state index is 12.8. The Labute approximate surface area is 161 Å². The Morgan fingerprint density at radius 1 is 1.15 bits per heavy atom.